The summed E-state index contributed by atoms with van der Waals surface area (Å²) in [6.45, 7) is 9.71. The number of nitrogens with two attached hydrogens (primary N) is 1. The molecular formula is C12H27N3S. The van der Waals surface area contributed by atoms with E-state index in [0.717, 1.165) is 32.7 Å². The molecule has 3 nitrogen and oxygen atoms in total. The highest BCUT2D eigenvalue weighted by molar-refractivity contribution is 7.99. The summed E-state index contributed by atoms with van der Waals surface area (Å²) in [6.07, 6.45) is 2.55. The van der Waals surface area contributed by atoms with Gasteiger partial charge in [0.25, 0.3) is 0 Å². The molecule has 0 bridgehead atoms. The second-order valence-corrected chi connectivity index (χ2v) is 5.70. The second-order valence-electron chi connectivity index (χ2n) is 4.59. The third kappa shape index (κ3) is 4.24. The van der Waals surface area contributed by atoms with Crippen molar-refractivity contribution >= 4 is 11.8 Å². The lowest BCUT2D eigenvalue weighted by Gasteiger charge is -2.37. The third-order valence-corrected chi connectivity index (χ3v) is 4.87. The highest BCUT2D eigenvalue weighted by Crippen LogP contribution is 2.25. The number of thioether (sulfide) groups is 1. The van der Waals surface area contributed by atoms with Gasteiger partial charge in [-0.2, -0.15) is 11.8 Å². The summed E-state index contributed by atoms with van der Waals surface area (Å²) < 4.78 is 0. The van der Waals surface area contributed by atoms with E-state index in [2.05, 4.69) is 24.1 Å². The number of hydrogen-bond acceptors (Lipinski definition) is 4. The fourth-order valence-corrected chi connectivity index (χ4v) is 3.49. The normalized spacial score (nSPS) is 26.2. The van der Waals surface area contributed by atoms with Crippen molar-refractivity contribution in [1.29, 1.82) is 0 Å². The monoisotopic (exact) mass is 245 g/mol. The molecule has 0 aromatic carbocycles. The Morgan fingerprint density at radius 2 is 2.12 bits per heavy atom. The van der Waals surface area contributed by atoms with E-state index in [1.807, 2.05) is 11.8 Å². The largest absolute Gasteiger partial charge is 0.329 e. The minimum Gasteiger partial charge on any atom is -0.329 e. The van der Waals surface area contributed by atoms with Gasteiger partial charge in [0.15, 0.2) is 0 Å². The lowest BCUT2D eigenvalue weighted by molar-refractivity contribution is 0.269. The number of hydrogen-bond donors (Lipinski definition) is 2. The van der Waals surface area contributed by atoms with Crippen LogP contribution < -0.4 is 11.1 Å². The van der Waals surface area contributed by atoms with E-state index in [-0.39, 0.29) is 5.54 Å². The molecule has 1 rings (SSSR count). The molecule has 0 amide bonds. The molecule has 0 saturated carbocycles. The smallest absolute Gasteiger partial charge is 0.0396 e. The van der Waals surface area contributed by atoms with E-state index in [0.29, 0.717) is 0 Å². The number of nitrogens with one attached hydrogen (secondary N) is 1. The third-order valence-electron chi connectivity index (χ3n) is 3.54. The average Bonchev–Trinajstić information content (AvgIpc) is 2.36. The van der Waals surface area contributed by atoms with Crippen molar-refractivity contribution in [2.45, 2.75) is 32.2 Å². The average molecular weight is 245 g/mol. The van der Waals surface area contributed by atoms with Crippen molar-refractivity contribution in [2.75, 3.05) is 44.2 Å². The molecule has 1 atom stereocenters. The summed E-state index contributed by atoms with van der Waals surface area (Å²) in [4.78, 5) is 2.45. The first-order valence-electron chi connectivity index (χ1n) is 6.51. The fourth-order valence-electron chi connectivity index (χ4n) is 2.24. The molecule has 1 heterocycles. The quantitative estimate of drug-likeness (QED) is 0.706. The Balaban J connectivity index is 2.27. The molecule has 1 aliphatic heterocycles. The summed E-state index contributed by atoms with van der Waals surface area (Å²) in [7, 11) is 0. The Labute approximate surface area is 105 Å². The number of likely N-dealkylation sites (N-methyl/N-ethyl adjacent to an activating group) is 1. The fraction of sp³-hybridized carbons (Fsp3) is 1.00. The van der Waals surface area contributed by atoms with Gasteiger partial charge in [-0.05, 0) is 31.7 Å². The molecule has 0 aliphatic carbocycles. The van der Waals surface area contributed by atoms with Crippen molar-refractivity contribution in [3.05, 3.63) is 0 Å². The van der Waals surface area contributed by atoms with Crippen molar-refractivity contribution < 1.29 is 0 Å². The zero-order chi connectivity index (χ0) is 11.9. The standard InChI is InChI=1S/C12H27N3S/c1-3-15(4-2)8-7-14-12(10-13)6-5-9-16-11-12/h14H,3-11,13H2,1-2H3. The topological polar surface area (TPSA) is 41.3 Å². The summed E-state index contributed by atoms with van der Waals surface area (Å²) >= 11 is 2.04. The number of rotatable bonds is 7. The lowest BCUT2D eigenvalue weighted by atomic mass is 9.95. The van der Waals surface area contributed by atoms with E-state index in [1.165, 1.54) is 24.3 Å². The molecule has 0 radical (unpaired) electrons. The van der Waals surface area contributed by atoms with E-state index in [1.54, 1.807) is 0 Å². The van der Waals surface area contributed by atoms with Crippen LogP contribution in [0.1, 0.15) is 26.7 Å². The first kappa shape index (κ1) is 14.3. The van der Waals surface area contributed by atoms with Gasteiger partial charge in [-0.3, -0.25) is 0 Å². The first-order chi connectivity index (χ1) is 7.76. The molecule has 1 saturated heterocycles. The molecular weight excluding hydrogens is 218 g/mol. The summed E-state index contributed by atoms with van der Waals surface area (Å²) in [6, 6.07) is 0. The van der Waals surface area contributed by atoms with Crippen LogP contribution in [0, 0.1) is 0 Å². The highest BCUT2D eigenvalue weighted by atomic mass is 32.2. The molecule has 0 spiro atoms. The van der Waals surface area contributed by atoms with Gasteiger partial charge in [-0.25, -0.2) is 0 Å². The molecule has 16 heavy (non-hydrogen) atoms. The molecule has 1 unspecified atom stereocenters. The van der Waals surface area contributed by atoms with Gasteiger partial charge in [0.1, 0.15) is 0 Å². The van der Waals surface area contributed by atoms with Crippen LogP contribution in [0.25, 0.3) is 0 Å². The Hall–Kier alpha value is 0.230. The molecule has 96 valence electrons. The first-order valence-corrected chi connectivity index (χ1v) is 7.67. The van der Waals surface area contributed by atoms with Crippen molar-refractivity contribution in [3.63, 3.8) is 0 Å². The van der Waals surface area contributed by atoms with E-state index in [4.69, 9.17) is 5.73 Å². The molecule has 0 aromatic heterocycles. The van der Waals surface area contributed by atoms with E-state index < -0.39 is 0 Å². The van der Waals surface area contributed by atoms with Crippen LogP contribution in [0.2, 0.25) is 0 Å². The van der Waals surface area contributed by atoms with Crippen molar-refractivity contribution in [1.82, 2.24) is 10.2 Å². The lowest BCUT2D eigenvalue weighted by Crippen LogP contribution is -2.56. The zero-order valence-corrected chi connectivity index (χ0v) is 11.6. The van der Waals surface area contributed by atoms with Crippen LogP contribution >= 0.6 is 11.8 Å². The van der Waals surface area contributed by atoms with Crippen LogP contribution in [0.4, 0.5) is 0 Å². The predicted molar refractivity (Wildman–Crippen MR) is 74.1 cm³/mol. The summed E-state index contributed by atoms with van der Waals surface area (Å²) in [5, 5.41) is 3.70. The summed E-state index contributed by atoms with van der Waals surface area (Å²) in [5.41, 5.74) is 6.15. The number of nitrogens with zero attached hydrogens (tertiary/aromatic N) is 1. The van der Waals surface area contributed by atoms with E-state index >= 15 is 0 Å². The Morgan fingerprint density at radius 1 is 1.38 bits per heavy atom. The predicted octanol–water partition coefficient (Wildman–Crippen LogP) is 1.14. The van der Waals surface area contributed by atoms with Crippen LogP contribution in [0.15, 0.2) is 0 Å². The molecule has 0 aromatic rings. The maximum absolute atomic E-state index is 5.93. The summed E-state index contributed by atoms with van der Waals surface area (Å²) in [5.74, 6) is 2.49. The van der Waals surface area contributed by atoms with Crippen molar-refractivity contribution in [2.24, 2.45) is 5.73 Å². The zero-order valence-electron chi connectivity index (χ0n) is 10.8. The van der Waals surface area contributed by atoms with Crippen LogP contribution in [0.3, 0.4) is 0 Å². The van der Waals surface area contributed by atoms with Gasteiger partial charge in [0.2, 0.25) is 0 Å². The minimum absolute atomic E-state index is 0.218. The minimum atomic E-state index is 0.218. The molecule has 3 N–H and O–H groups in total. The van der Waals surface area contributed by atoms with Gasteiger partial charge >= 0.3 is 0 Å². The Kier molecular flexibility index (Phi) is 6.73. The van der Waals surface area contributed by atoms with Gasteiger partial charge in [-0.15, -0.1) is 0 Å². The Morgan fingerprint density at radius 3 is 2.62 bits per heavy atom. The maximum Gasteiger partial charge on any atom is 0.0396 e. The van der Waals surface area contributed by atoms with Gasteiger partial charge in [-0.1, -0.05) is 13.8 Å². The Bertz CT molecular complexity index is 177. The molecule has 1 fully saturated rings. The highest BCUT2D eigenvalue weighted by Gasteiger charge is 2.30. The van der Waals surface area contributed by atoms with Gasteiger partial charge < -0.3 is 16.0 Å². The van der Waals surface area contributed by atoms with Gasteiger partial charge in [0, 0.05) is 30.9 Å². The van der Waals surface area contributed by atoms with Gasteiger partial charge in [0.05, 0.1) is 0 Å². The van der Waals surface area contributed by atoms with Crippen LogP contribution in [-0.2, 0) is 0 Å². The SMILES string of the molecule is CCN(CC)CCNC1(CN)CCCSC1. The second kappa shape index (κ2) is 7.54. The van der Waals surface area contributed by atoms with Crippen molar-refractivity contribution in [3.8, 4) is 0 Å². The molecule has 1 aliphatic rings. The van der Waals surface area contributed by atoms with E-state index in [9.17, 15) is 0 Å². The maximum atomic E-state index is 5.93. The molecule has 4 heteroatoms. The van der Waals surface area contributed by atoms with Crippen LogP contribution in [0.5, 0.6) is 0 Å². The van der Waals surface area contributed by atoms with Crippen LogP contribution in [-0.4, -0.2) is 54.7 Å².